The molecule has 4 aromatic carbocycles. The van der Waals surface area contributed by atoms with Crippen molar-refractivity contribution in [2.45, 2.75) is 188 Å². The highest BCUT2D eigenvalue weighted by Gasteiger charge is 2.57. The number of carbonyl (C=O) groups is 12. The Labute approximate surface area is 722 Å². The zero-order valence-corrected chi connectivity index (χ0v) is 70.0. The Bertz CT molecular complexity index is 5590. The van der Waals surface area contributed by atoms with Gasteiger partial charge in [0.05, 0.1) is 33.9 Å². The van der Waals surface area contributed by atoms with E-state index in [0.29, 0.717) is 12.1 Å². The molecular weight excluding hydrogens is 1710 g/mol. The molecule has 3 aromatic heterocycles. The Morgan fingerprint density at radius 2 is 0.531 bits per heavy atom. The molecule has 9 unspecified atom stereocenters. The maximum absolute atomic E-state index is 15.3. The van der Waals surface area contributed by atoms with Crippen LogP contribution in [0.1, 0.15) is 117 Å². The van der Waals surface area contributed by atoms with Gasteiger partial charge in [-0.25, -0.2) is 9.97 Å². The van der Waals surface area contributed by atoms with Crippen LogP contribution in [0.3, 0.4) is 0 Å². The molecule has 0 radical (unpaired) electrons. The van der Waals surface area contributed by atoms with Crippen molar-refractivity contribution in [1.29, 1.82) is 0 Å². The lowest BCUT2D eigenvalue weighted by atomic mass is 9.98. The Hall–Kier alpha value is -14.0. The average Bonchev–Trinajstić information content (AvgIpc) is 1.64. The normalized spacial score (nSPS) is 22.4. The second-order valence-corrected chi connectivity index (χ2v) is 29.4. The zero-order chi connectivity index (χ0) is 92.7. The highest BCUT2D eigenvalue weighted by Crippen LogP contribution is 2.46. The van der Waals surface area contributed by atoms with E-state index in [9.17, 15) is 57.5 Å². The SMILES string of the molecule is CC(=O)OCC1O[C@@H](Oc2cccc(-c3c4nc(c(-c5cccc(O[C@@H]6OC(COC(C)=O)[C@@H](OC(C)=O)C(OC(C)=O)C6OC(C)=O)c5)c5ccc([nH]5)c(-c5cc(C(F)(F)F)cc(C(F)(F)F)c5)c5nc(c(-c6cccc(O[C@@H]7OC(COC(C)=O)[C@@H](OC(C)=O)C(OC(C)=O)C7OC(C)=O)c6)c6ccc3[nH]6)C=C5)C=C4)c2)C(OC(C)=O)C(OC(C)=O)[C@@H]1OC(C)=O. The fourth-order valence-electron chi connectivity index (χ4n) is 14.9. The van der Waals surface area contributed by atoms with Gasteiger partial charge >= 0.3 is 84.0 Å². The molecule has 40 heteroatoms. The van der Waals surface area contributed by atoms with Crippen LogP contribution in [0.2, 0.25) is 0 Å². The maximum atomic E-state index is 15.3. The second kappa shape index (κ2) is 39.3. The van der Waals surface area contributed by atoms with Crippen molar-refractivity contribution in [1.82, 2.24) is 19.9 Å². The lowest BCUT2D eigenvalue weighted by Gasteiger charge is -2.43. The summed E-state index contributed by atoms with van der Waals surface area (Å²) in [5.74, 6) is -11.3. The summed E-state index contributed by atoms with van der Waals surface area (Å²) in [6, 6.07) is 24.8. The number of hydrogen-bond donors (Lipinski definition) is 2. The Morgan fingerprint density at radius 3 is 0.766 bits per heavy atom. The monoisotopic (exact) mass is 1790 g/mol. The van der Waals surface area contributed by atoms with Crippen molar-refractivity contribution in [3.63, 3.8) is 0 Å². The Morgan fingerprint density at radius 1 is 0.297 bits per heavy atom. The average molecular weight is 1790 g/mol. The molecule has 3 saturated heterocycles. The highest BCUT2D eigenvalue weighted by molar-refractivity contribution is 6.00. The van der Waals surface area contributed by atoms with Crippen LogP contribution in [0.4, 0.5) is 26.3 Å². The van der Waals surface area contributed by atoms with Gasteiger partial charge in [-0.3, -0.25) is 57.5 Å². The van der Waals surface area contributed by atoms with Crippen molar-refractivity contribution in [2.75, 3.05) is 19.8 Å². The summed E-state index contributed by atoms with van der Waals surface area (Å²) in [4.78, 5) is 170. The minimum Gasteiger partial charge on any atom is -0.463 e. The van der Waals surface area contributed by atoms with Crippen molar-refractivity contribution < 1.29 is 169 Å². The molecular formula is C88H82F6N4O30. The van der Waals surface area contributed by atoms with Gasteiger partial charge in [-0.15, -0.1) is 0 Å². The molecule has 128 heavy (non-hydrogen) atoms. The van der Waals surface area contributed by atoms with E-state index in [4.69, 9.17) is 95.2 Å². The number of fused-ring (bicyclic) bond motifs is 8. The fourth-order valence-corrected chi connectivity index (χ4v) is 14.9. The van der Waals surface area contributed by atoms with E-state index in [-0.39, 0.29) is 107 Å². The second-order valence-electron chi connectivity index (χ2n) is 29.4. The quantitative estimate of drug-likeness (QED) is 0.0305. The molecule has 5 aliphatic rings. The summed E-state index contributed by atoms with van der Waals surface area (Å²) in [7, 11) is 0. The largest absolute Gasteiger partial charge is 0.463 e. The van der Waals surface area contributed by atoms with Gasteiger partial charge in [0.2, 0.25) is 37.2 Å². The molecule has 7 aromatic rings. The van der Waals surface area contributed by atoms with Crippen LogP contribution in [0.25, 0.3) is 90.9 Å². The van der Waals surface area contributed by atoms with E-state index < -0.39 is 213 Å². The Kier molecular flexibility index (Phi) is 28.6. The first-order chi connectivity index (χ1) is 60.5. The van der Waals surface area contributed by atoms with Crippen LogP contribution in [0.15, 0.2) is 115 Å². The van der Waals surface area contributed by atoms with Crippen LogP contribution in [-0.4, -0.2) is 204 Å². The number of nitrogens with zero attached hydrogens (tertiary/aromatic N) is 2. The van der Waals surface area contributed by atoms with E-state index in [2.05, 4.69) is 9.97 Å². The van der Waals surface area contributed by atoms with Crippen LogP contribution in [0.5, 0.6) is 17.2 Å². The molecule has 5 aliphatic heterocycles. The molecule has 0 spiro atoms. The molecule has 8 heterocycles. The van der Waals surface area contributed by atoms with Gasteiger partial charge in [-0.1, -0.05) is 36.4 Å². The third-order valence-electron chi connectivity index (χ3n) is 19.6. The number of carbonyl (C=O) groups excluding carboxylic acids is 12. The lowest BCUT2D eigenvalue weighted by molar-refractivity contribution is -0.288. The predicted molar refractivity (Wildman–Crippen MR) is 428 cm³/mol. The van der Waals surface area contributed by atoms with E-state index >= 15 is 26.3 Å². The predicted octanol–water partition coefficient (Wildman–Crippen LogP) is 11.7. The number of hydrogen-bond acceptors (Lipinski definition) is 32. The fraction of sp³-hybridized carbons (Fsp3) is 0.364. The molecule has 8 bridgehead atoms. The molecule has 15 atom stereocenters. The van der Waals surface area contributed by atoms with Crippen molar-refractivity contribution >= 4 is 118 Å². The first kappa shape index (κ1) is 93.1. The smallest absolute Gasteiger partial charge is 0.416 e. The molecule has 676 valence electrons. The number of benzene rings is 4. The van der Waals surface area contributed by atoms with Gasteiger partial charge in [0.25, 0.3) is 0 Å². The number of H-pyrrole nitrogens is 2. The van der Waals surface area contributed by atoms with Gasteiger partial charge in [0, 0.05) is 127 Å². The third-order valence-corrected chi connectivity index (χ3v) is 19.6. The van der Waals surface area contributed by atoms with Gasteiger partial charge in [0.1, 0.15) is 55.4 Å². The van der Waals surface area contributed by atoms with Gasteiger partial charge in [-0.2, -0.15) is 26.3 Å². The highest BCUT2D eigenvalue weighted by atomic mass is 19.4. The minimum absolute atomic E-state index is 0.0400. The summed E-state index contributed by atoms with van der Waals surface area (Å²) in [6.07, 6.45) is -29.9. The number of aromatic nitrogens is 4. The lowest BCUT2D eigenvalue weighted by Crippen LogP contribution is -2.63. The van der Waals surface area contributed by atoms with Gasteiger partial charge in [-0.05, 0) is 125 Å². The number of halogens is 6. The number of ether oxygens (including phenoxy) is 18. The molecule has 0 amide bonds. The number of esters is 12. The van der Waals surface area contributed by atoms with E-state index in [1.165, 1.54) is 78.9 Å². The first-order valence-corrected chi connectivity index (χ1v) is 39.2. The molecule has 3 fully saturated rings. The standard InChI is InChI=1S/C88H82F6N4O30/c1-39(99)111-36-68-75(114-42(4)102)78(117-45(7)105)81(120-48(10)108)84(126-68)123-57-19-13-16-51(32-57)71-60-22-24-62(95-60)72(52-17-14-20-58(33-52)124-85-82(121-49(11)109)79(118-46(8)106)76(115-43(5)103)69(127-85)37-112-40(2)100)64-26-28-66(97-64)74(54-30-55(87(89,90)91)35-56(31-54)88(92,93)94)67-29-27-65(98-67)73(63-25-23-61(71)96-63)53-18-15-21-59(34-53)125-86-83(122-50(12)110)80(119-47(9)107)77(116-44(6)104)70(128-86)38-113-41(3)101/h13-35,68-70,75-86,95,98H,36-38H2,1-12H3/t68?,69?,70?,75-,76-,77-,78?,79?,80?,81?,82?,83?,84-,85-,86-/m1/s1. The van der Waals surface area contributed by atoms with E-state index in [0.717, 1.165) is 83.1 Å². The van der Waals surface area contributed by atoms with Gasteiger partial charge in [0.15, 0.2) is 36.6 Å². The minimum atomic E-state index is -5.40. The summed E-state index contributed by atoms with van der Waals surface area (Å²) in [6.45, 7) is 10.5. The Balaban J connectivity index is 1.13. The number of nitrogens with one attached hydrogen (secondary N) is 2. The maximum Gasteiger partial charge on any atom is 0.416 e. The first-order valence-electron chi connectivity index (χ1n) is 39.2. The molecule has 0 saturated carbocycles. The third kappa shape index (κ3) is 22.6. The number of rotatable bonds is 25. The van der Waals surface area contributed by atoms with E-state index in [1.54, 1.807) is 42.5 Å². The molecule has 0 aliphatic carbocycles. The summed E-state index contributed by atoms with van der Waals surface area (Å²) >= 11 is 0. The van der Waals surface area contributed by atoms with E-state index in [1.807, 2.05) is 0 Å². The van der Waals surface area contributed by atoms with Crippen LogP contribution in [-0.2, 0) is 141 Å². The van der Waals surface area contributed by atoms with Crippen LogP contribution in [0, 0.1) is 0 Å². The van der Waals surface area contributed by atoms with Crippen molar-refractivity contribution in [3.05, 3.63) is 149 Å². The number of aromatic amines is 2. The zero-order valence-electron chi connectivity index (χ0n) is 70.0. The summed E-state index contributed by atoms with van der Waals surface area (Å²) in [5, 5.41) is 0. The topological polar surface area (TPSA) is 428 Å². The summed E-state index contributed by atoms with van der Waals surface area (Å²) in [5.41, 5.74) is -3.40. The van der Waals surface area contributed by atoms with Crippen LogP contribution >= 0.6 is 0 Å². The van der Waals surface area contributed by atoms with Crippen molar-refractivity contribution in [3.8, 4) is 61.8 Å². The van der Waals surface area contributed by atoms with Crippen molar-refractivity contribution in [2.24, 2.45) is 0 Å². The molecule has 2 N–H and O–H groups in total. The van der Waals surface area contributed by atoms with Gasteiger partial charge < -0.3 is 95.2 Å². The summed E-state index contributed by atoms with van der Waals surface area (Å²) < 4.78 is 197. The number of alkyl halides is 6. The molecule has 12 rings (SSSR count). The molecule has 34 nitrogen and oxygen atoms in total. The van der Waals surface area contributed by atoms with Crippen LogP contribution < -0.4 is 14.2 Å².